The molecule has 2 rings (SSSR count). The fourth-order valence-electron chi connectivity index (χ4n) is 1.93. The number of nitrogens with one attached hydrogen (secondary N) is 1. The summed E-state index contributed by atoms with van der Waals surface area (Å²) in [6, 6.07) is 15.6. The van der Waals surface area contributed by atoms with Crippen LogP contribution >= 0.6 is 11.8 Å². The zero-order chi connectivity index (χ0) is 12.1. The van der Waals surface area contributed by atoms with Crippen molar-refractivity contribution in [2.24, 2.45) is 0 Å². The topological polar surface area (TPSA) is 12.0 Å². The van der Waals surface area contributed by atoms with E-state index < -0.39 is 0 Å². The number of rotatable bonds is 5. The van der Waals surface area contributed by atoms with E-state index in [1.807, 2.05) is 11.8 Å². The highest BCUT2D eigenvalue weighted by molar-refractivity contribution is 7.98. The van der Waals surface area contributed by atoms with Crippen molar-refractivity contribution in [1.82, 2.24) is 0 Å². The molecule has 2 heteroatoms. The number of fused-ring (bicyclic) bond motifs is 1. The van der Waals surface area contributed by atoms with Gasteiger partial charge < -0.3 is 5.32 Å². The first-order valence-electron chi connectivity index (χ1n) is 6.04. The van der Waals surface area contributed by atoms with Gasteiger partial charge >= 0.3 is 0 Å². The van der Waals surface area contributed by atoms with Gasteiger partial charge in [-0.15, -0.1) is 0 Å². The van der Waals surface area contributed by atoms with Gasteiger partial charge in [-0.25, -0.2) is 0 Å². The molecule has 0 saturated carbocycles. The molecule has 0 radical (unpaired) electrons. The Balaban J connectivity index is 2.08. The molecular weight excluding hydrogens is 226 g/mol. The van der Waals surface area contributed by atoms with Gasteiger partial charge in [0.1, 0.15) is 0 Å². The second kappa shape index (κ2) is 5.97. The summed E-state index contributed by atoms with van der Waals surface area (Å²) >= 11 is 1.90. The minimum atomic E-state index is 0.531. The molecule has 0 heterocycles. The number of hydrogen-bond acceptors (Lipinski definition) is 2. The monoisotopic (exact) mass is 245 g/mol. The molecule has 90 valence electrons. The first-order chi connectivity index (χ1) is 8.29. The van der Waals surface area contributed by atoms with Crippen LogP contribution in [0.5, 0.6) is 0 Å². The van der Waals surface area contributed by atoms with Crippen LogP contribution in [0.1, 0.15) is 13.3 Å². The minimum absolute atomic E-state index is 0.531. The van der Waals surface area contributed by atoms with Crippen LogP contribution in [0.2, 0.25) is 0 Å². The van der Waals surface area contributed by atoms with Crippen LogP contribution in [0, 0.1) is 0 Å². The summed E-state index contributed by atoms with van der Waals surface area (Å²) in [6.07, 6.45) is 3.36. The second-order valence-electron chi connectivity index (χ2n) is 4.39. The molecule has 0 saturated heterocycles. The van der Waals surface area contributed by atoms with Gasteiger partial charge in [0.05, 0.1) is 0 Å². The number of hydrogen-bond donors (Lipinski definition) is 1. The number of benzene rings is 2. The summed E-state index contributed by atoms with van der Waals surface area (Å²) < 4.78 is 0. The first-order valence-corrected chi connectivity index (χ1v) is 7.43. The Morgan fingerprint density at radius 1 is 1.12 bits per heavy atom. The van der Waals surface area contributed by atoms with Gasteiger partial charge in [0.15, 0.2) is 0 Å². The minimum Gasteiger partial charge on any atom is -0.383 e. The molecule has 0 spiro atoms. The van der Waals surface area contributed by atoms with Crippen molar-refractivity contribution in [3.63, 3.8) is 0 Å². The van der Waals surface area contributed by atoms with Crippen molar-refractivity contribution in [2.75, 3.05) is 17.3 Å². The zero-order valence-electron chi connectivity index (χ0n) is 10.4. The number of thioether (sulfide) groups is 1. The molecule has 2 aromatic carbocycles. The Morgan fingerprint density at radius 2 is 1.88 bits per heavy atom. The molecule has 0 aliphatic carbocycles. The highest BCUT2D eigenvalue weighted by Gasteiger charge is 2.02. The quantitative estimate of drug-likeness (QED) is 0.838. The van der Waals surface area contributed by atoms with Gasteiger partial charge in [-0.2, -0.15) is 11.8 Å². The molecule has 0 fully saturated rings. The van der Waals surface area contributed by atoms with Crippen LogP contribution in [0.15, 0.2) is 42.5 Å². The SMILES string of the molecule is CSCCC(C)Nc1ccc2ccccc2c1. The van der Waals surface area contributed by atoms with E-state index in [1.165, 1.54) is 28.6 Å². The van der Waals surface area contributed by atoms with E-state index in [9.17, 15) is 0 Å². The molecule has 1 nitrogen and oxygen atoms in total. The largest absolute Gasteiger partial charge is 0.383 e. The van der Waals surface area contributed by atoms with E-state index >= 15 is 0 Å². The third kappa shape index (κ3) is 3.40. The number of anilines is 1. The molecule has 0 bridgehead atoms. The maximum atomic E-state index is 3.56. The fourth-order valence-corrected chi connectivity index (χ4v) is 2.52. The predicted octanol–water partition coefficient (Wildman–Crippen LogP) is 4.39. The summed E-state index contributed by atoms with van der Waals surface area (Å²) in [7, 11) is 0. The predicted molar refractivity (Wildman–Crippen MR) is 80.0 cm³/mol. The molecule has 0 amide bonds. The summed E-state index contributed by atoms with van der Waals surface area (Å²) in [4.78, 5) is 0. The molecule has 2 aromatic rings. The van der Waals surface area contributed by atoms with E-state index in [2.05, 4.69) is 61.0 Å². The molecule has 0 aliphatic heterocycles. The van der Waals surface area contributed by atoms with E-state index in [4.69, 9.17) is 0 Å². The van der Waals surface area contributed by atoms with Crippen LogP contribution in [-0.4, -0.2) is 18.1 Å². The van der Waals surface area contributed by atoms with Gasteiger partial charge in [-0.3, -0.25) is 0 Å². The fraction of sp³-hybridized carbons (Fsp3) is 0.333. The lowest BCUT2D eigenvalue weighted by molar-refractivity contribution is 0.772. The van der Waals surface area contributed by atoms with Gasteiger partial charge in [0.25, 0.3) is 0 Å². The Labute approximate surface area is 108 Å². The summed E-state index contributed by atoms with van der Waals surface area (Å²) in [6.45, 7) is 2.24. The van der Waals surface area contributed by atoms with E-state index in [-0.39, 0.29) is 0 Å². The standard InChI is InChI=1S/C15H19NS/c1-12(9-10-17-2)16-15-8-7-13-5-3-4-6-14(13)11-15/h3-8,11-12,16H,9-10H2,1-2H3. The van der Waals surface area contributed by atoms with Crippen LogP contribution in [0.3, 0.4) is 0 Å². The zero-order valence-corrected chi connectivity index (χ0v) is 11.3. The van der Waals surface area contributed by atoms with Crippen LogP contribution in [0.25, 0.3) is 10.8 Å². The smallest absolute Gasteiger partial charge is 0.0348 e. The van der Waals surface area contributed by atoms with Crippen LogP contribution < -0.4 is 5.32 Å². The lowest BCUT2D eigenvalue weighted by Gasteiger charge is -2.15. The Kier molecular flexibility index (Phi) is 4.32. The maximum absolute atomic E-state index is 3.56. The van der Waals surface area contributed by atoms with Crippen LogP contribution in [0.4, 0.5) is 5.69 Å². The summed E-state index contributed by atoms with van der Waals surface area (Å²) in [5.74, 6) is 1.21. The van der Waals surface area contributed by atoms with Crippen molar-refractivity contribution >= 4 is 28.2 Å². The van der Waals surface area contributed by atoms with Crippen molar-refractivity contribution in [3.05, 3.63) is 42.5 Å². The normalized spacial score (nSPS) is 12.6. The van der Waals surface area contributed by atoms with Crippen molar-refractivity contribution in [3.8, 4) is 0 Å². The molecule has 1 N–H and O–H groups in total. The van der Waals surface area contributed by atoms with Crippen molar-refractivity contribution < 1.29 is 0 Å². The average Bonchev–Trinajstić information content (AvgIpc) is 2.36. The van der Waals surface area contributed by atoms with E-state index in [0.717, 1.165) is 0 Å². The van der Waals surface area contributed by atoms with Gasteiger partial charge in [0.2, 0.25) is 0 Å². The highest BCUT2D eigenvalue weighted by atomic mass is 32.2. The Morgan fingerprint density at radius 3 is 2.65 bits per heavy atom. The lowest BCUT2D eigenvalue weighted by Crippen LogP contribution is -2.15. The van der Waals surface area contributed by atoms with Crippen molar-refractivity contribution in [1.29, 1.82) is 0 Å². The molecule has 17 heavy (non-hydrogen) atoms. The second-order valence-corrected chi connectivity index (χ2v) is 5.37. The molecule has 1 unspecified atom stereocenters. The van der Waals surface area contributed by atoms with E-state index in [1.54, 1.807) is 0 Å². The van der Waals surface area contributed by atoms with Gasteiger partial charge in [-0.05, 0) is 48.3 Å². The third-order valence-corrected chi connectivity index (χ3v) is 3.56. The molecule has 1 atom stereocenters. The maximum Gasteiger partial charge on any atom is 0.0348 e. The van der Waals surface area contributed by atoms with E-state index in [0.29, 0.717) is 6.04 Å². The van der Waals surface area contributed by atoms with Gasteiger partial charge in [-0.1, -0.05) is 30.3 Å². The molecule has 0 aromatic heterocycles. The first kappa shape index (κ1) is 12.3. The molecule has 0 aliphatic rings. The van der Waals surface area contributed by atoms with Crippen LogP contribution in [-0.2, 0) is 0 Å². The third-order valence-electron chi connectivity index (χ3n) is 2.92. The molecular formula is C15H19NS. The lowest BCUT2D eigenvalue weighted by atomic mass is 10.1. The Hall–Kier alpha value is -1.15. The van der Waals surface area contributed by atoms with Gasteiger partial charge in [0, 0.05) is 11.7 Å². The Bertz CT molecular complexity index is 481. The summed E-state index contributed by atoms with van der Waals surface area (Å²) in [5.41, 5.74) is 1.22. The average molecular weight is 245 g/mol. The summed E-state index contributed by atoms with van der Waals surface area (Å²) in [5, 5.41) is 6.16. The van der Waals surface area contributed by atoms with Crippen molar-refractivity contribution in [2.45, 2.75) is 19.4 Å². The highest BCUT2D eigenvalue weighted by Crippen LogP contribution is 2.19.